The molecule has 3 rings (SSSR count). The summed E-state index contributed by atoms with van der Waals surface area (Å²) >= 11 is 0. The summed E-state index contributed by atoms with van der Waals surface area (Å²) in [6.07, 6.45) is 3.87. The first-order chi connectivity index (χ1) is 12.2. The maximum atomic E-state index is 12.6. The van der Waals surface area contributed by atoms with Crippen molar-refractivity contribution in [3.05, 3.63) is 29.3 Å². The number of ether oxygens (including phenoxy) is 3. The molecule has 0 aliphatic carbocycles. The molecule has 0 atom stereocenters. The number of piperidine rings is 1. The molecule has 25 heavy (non-hydrogen) atoms. The van der Waals surface area contributed by atoms with E-state index >= 15 is 0 Å². The quantitative estimate of drug-likeness (QED) is 0.819. The van der Waals surface area contributed by atoms with E-state index in [-0.39, 0.29) is 17.9 Å². The maximum absolute atomic E-state index is 12.6. The van der Waals surface area contributed by atoms with Crippen molar-refractivity contribution in [2.75, 3.05) is 47.1 Å². The lowest BCUT2D eigenvalue weighted by molar-refractivity contribution is -0.118. The summed E-state index contributed by atoms with van der Waals surface area (Å²) in [7, 11) is 3.33. The standard InChI is InChI=1S/C19H26N2O4/c1-23-13-19(6-8-20-9-7-19)12-21-18(22)15-10-14-4-3-5-16(24-2)17(14)25-11-15/h3-5,10,20H,6-9,11-13H2,1-2H3,(H,21,22). The van der Waals surface area contributed by atoms with E-state index in [1.54, 1.807) is 14.2 Å². The summed E-state index contributed by atoms with van der Waals surface area (Å²) in [6, 6.07) is 5.66. The number of para-hydroxylation sites is 1. The zero-order chi connectivity index (χ0) is 17.7. The molecule has 0 radical (unpaired) electrons. The third-order valence-corrected chi connectivity index (χ3v) is 4.96. The number of hydrogen-bond donors (Lipinski definition) is 2. The number of fused-ring (bicyclic) bond motifs is 1. The van der Waals surface area contributed by atoms with Crippen LogP contribution in [0.3, 0.4) is 0 Å². The van der Waals surface area contributed by atoms with E-state index in [1.165, 1.54) is 0 Å². The molecule has 6 nitrogen and oxygen atoms in total. The van der Waals surface area contributed by atoms with Gasteiger partial charge in [-0.3, -0.25) is 4.79 Å². The number of hydrogen-bond acceptors (Lipinski definition) is 5. The third kappa shape index (κ3) is 3.96. The average Bonchev–Trinajstić information content (AvgIpc) is 2.66. The van der Waals surface area contributed by atoms with E-state index in [0.717, 1.165) is 31.5 Å². The number of benzene rings is 1. The van der Waals surface area contributed by atoms with Crippen LogP contribution in [0.4, 0.5) is 0 Å². The molecular weight excluding hydrogens is 320 g/mol. The second kappa shape index (κ2) is 7.89. The summed E-state index contributed by atoms with van der Waals surface area (Å²) in [5.41, 5.74) is 1.50. The molecule has 1 fully saturated rings. The van der Waals surface area contributed by atoms with Crippen molar-refractivity contribution in [1.29, 1.82) is 0 Å². The Hall–Kier alpha value is -2.05. The van der Waals surface area contributed by atoms with Crippen LogP contribution in [-0.4, -0.2) is 53.0 Å². The molecule has 2 aliphatic heterocycles. The van der Waals surface area contributed by atoms with Crippen molar-refractivity contribution >= 4 is 12.0 Å². The molecule has 0 unspecified atom stereocenters. The second-order valence-electron chi connectivity index (χ2n) is 6.70. The predicted octanol–water partition coefficient (Wildman–Crippen LogP) is 1.60. The van der Waals surface area contributed by atoms with Crippen molar-refractivity contribution in [1.82, 2.24) is 10.6 Å². The van der Waals surface area contributed by atoms with Gasteiger partial charge in [-0.05, 0) is 38.1 Å². The molecule has 2 heterocycles. The lowest BCUT2D eigenvalue weighted by atomic mass is 9.79. The van der Waals surface area contributed by atoms with Crippen LogP contribution >= 0.6 is 0 Å². The molecule has 2 aliphatic rings. The minimum absolute atomic E-state index is 0.00682. The zero-order valence-electron chi connectivity index (χ0n) is 14.9. The molecule has 1 amide bonds. The van der Waals surface area contributed by atoms with Crippen LogP contribution in [0.15, 0.2) is 23.8 Å². The molecule has 1 aromatic carbocycles. The molecule has 136 valence electrons. The van der Waals surface area contributed by atoms with Crippen LogP contribution in [0, 0.1) is 5.41 Å². The fourth-order valence-corrected chi connectivity index (χ4v) is 3.49. The van der Waals surface area contributed by atoms with Crippen LogP contribution in [0.25, 0.3) is 6.08 Å². The highest BCUT2D eigenvalue weighted by Crippen LogP contribution is 2.35. The number of carbonyl (C=O) groups is 1. The van der Waals surface area contributed by atoms with Gasteiger partial charge in [-0.2, -0.15) is 0 Å². The largest absolute Gasteiger partial charge is 0.493 e. The highest BCUT2D eigenvalue weighted by atomic mass is 16.5. The summed E-state index contributed by atoms with van der Waals surface area (Å²) in [5, 5.41) is 6.44. The van der Waals surface area contributed by atoms with E-state index < -0.39 is 0 Å². The van der Waals surface area contributed by atoms with Gasteiger partial charge in [0.15, 0.2) is 11.5 Å². The number of carbonyl (C=O) groups excluding carboxylic acids is 1. The monoisotopic (exact) mass is 346 g/mol. The Kier molecular flexibility index (Phi) is 5.60. The van der Waals surface area contributed by atoms with Gasteiger partial charge < -0.3 is 24.8 Å². The first-order valence-electron chi connectivity index (χ1n) is 8.66. The first-order valence-corrected chi connectivity index (χ1v) is 8.66. The van der Waals surface area contributed by atoms with Gasteiger partial charge in [0.05, 0.1) is 19.3 Å². The van der Waals surface area contributed by atoms with Gasteiger partial charge in [-0.1, -0.05) is 12.1 Å². The fourth-order valence-electron chi connectivity index (χ4n) is 3.49. The Balaban J connectivity index is 1.68. The molecule has 0 saturated carbocycles. The van der Waals surface area contributed by atoms with Crippen molar-refractivity contribution in [2.24, 2.45) is 5.41 Å². The van der Waals surface area contributed by atoms with Crippen LogP contribution in [-0.2, 0) is 9.53 Å². The lowest BCUT2D eigenvalue weighted by Crippen LogP contribution is -2.47. The van der Waals surface area contributed by atoms with E-state index in [2.05, 4.69) is 10.6 Å². The Bertz CT molecular complexity index is 645. The van der Waals surface area contributed by atoms with Gasteiger partial charge in [0, 0.05) is 24.6 Å². The maximum Gasteiger partial charge on any atom is 0.250 e. The summed E-state index contributed by atoms with van der Waals surface area (Å²) in [6.45, 7) is 3.43. The minimum atomic E-state index is -0.0810. The van der Waals surface area contributed by atoms with Gasteiger partial charge >= 0.3 is 0 Å². The number of nitrogens with one attached hydrogen (secondary N) is 2. The first kappa shape index (κ1) is 17.8. The van der Waals surface area contributed by atoms with Gasteiger partial charge in [0.2, 0.25) is 0 Å². The molecule has 1 aromatic rings. The average molecular weight is 346 g/mol. The molecule has 6 heteroatoms. The summed E-state index contributed by atoms with van der Waals surface area (Å²) in [4.78, 5) is 12.6. The van der Waals surface area contributed by atoms with Crippen molar-refractivity contribution in [3.8, 4) is 11.5 Å². The Morgan fingerprint density at radius 2 is 2.12 bits per heavy atom. The molecule has 0 bridgehead atoms. The van der Waals surface area contributed by atoms with Crippen LogP contribution in [0.5, 0.6) is 11.5 Å². The predicted molar refractivity (Wildman–Crippen MR) is 95.9 cm³/mol. The summed E-state index contributed by atoms with van der Waals surface area (Å²) in [5.74, 6) is 1.29. The Morgan fingerprint density at radius 3 is 2.84 bits per heavy atom. The molecule has 0 spiro atoms. The SMILES string of the molecule is COCC1(CNC(=O)C2=Cc3cccc(OC)c3OC2)CCNCC1. The van der Waals surface area contributed by atoms with Gasteiger partial charge in [-0.25, -0.2) is 0 Å². The van der Waals surface area contributed by atoms with E-state index in [1.807, 2.05) is 24.3 Å². The van der Waals surface area contributed by atoms with E-state index in [0.29, 0.717) is 30.2 Å². The lowest BCUT2D eigenvalue weighted by Gasteiger charge is -2.37. The molecule has 2 N–H and O–H groups in total. The van der Waals surface area contributed by atoms with Crippen molar-refractivity contribution in [3.63, 3.8) is 0 Å². The highest BCUT2D eigenvalue weighted by Gasteiger charge is 2.33. The minimum Gasteiger partial charge on any atom is -0.493 e. The number of rotatable bonds is 6. The van der Waals surface area contributed by atoms with Crippen molar-refractivity contribution in [2.45, 2.75) is 12.8 Å². The van der Waals surface area contributed by atoms with Gasteiger partial charge in [0.25, 0.3) is 5.91 Å². The van der Waals surface area contributed by atoms with Gasteiger partial charge in [0.1, 0.15) is 6.61 Å². The number of methoxy groups -OCH3 is 2. The Morgan fingerprint density at radius 1 is 1.32 bits per heavy atom. The molecule has 0 aromatic heterocycles. The van der Waals surface area contributed by atoms with Crippen LogP contribution < -0.4 is 20.1 Å². The summed E-state index contributed by atoms with van der Waals surface area (Å²) < 4.78 is 16.5. The fraction of sp³-hybridized carbons (Fsp3) is 0.526. The van der Waals surface area contributed by atoms with Crippen LogP contribution in [0.1, 0.15) is 18.4 Å². The highest BCUT2D eigenvalue weighted by molar-refractivity contribution is 5.99. The van der Waals surface area contributed by atoms with Crippen molar-refractivity contribution < 1.29 is 19.0 Å². The molecular formula is C19H26N2O4. The smallest absolute Gasteiger partial charge is 0.250 e. The topological polar surface area (TPSA) is 68.8 Å². The van der Waals surface area contributed by atoms with Crippen LogP contribution in [0.2, 0.25) is 0 Å². The third-order valence-electron chi connectivity index (χ3n) is 4.96. The molecule has 1 saturated heterocycles. The Labute approximate surface area is 148 Å². The second-order valence-corrected chi connectivity index (χ2v) is 6.70. The zero-order valence-corrected chi connectivity index (χ0v) is 14.9. The van der Waals surface area contributed by atoms with E-state index in [4.69, 9.17) is 14.2 Å². The number of amides is 1. The van der Waals surface area contributed by atoms with E-state index in [9.17, 15) is 4.79 Å². The van der Waals surface area contributed by atoms with Gasteiger partial charge in [-0.15, -0.1) is 0 Å². The normalized spacial score (nSPS) is 18.6.